The number of nitrogens with two attached hydrogens (primary N) is 1. The van der Waals surface area contributed by atoms with Crippen LogP contribution in [-0.4, -0.2) is 43.4 Å². The van der Waals surface area contributed by atoms with Crippen LogP contribution < -0.4 is 5.73 Å². The Morgan fingerprint density at radius 2 is 1.89 bits per heavy atom. The molecule has 18 heavy (non-hydrogen) atoms. The smallest absolute Gasteiger partial charge is 0.248 e. The second kappa shape index (κ2) is 5.94. The molecule has 0 radical (unpaired) electrons. The van der Waals surface area contributed by atoms with Gasteiger partial charge in [-0.15, -0.1) is 0 Å². The Kier molecular flexibility index (Phi) is 4.83. The Morgan fingerprint density at radius 1 is 1.33 bits per heavy atom. The van der Waals surface area contributed by atoms with Crippen LogP contribution in [0.3, 0.4) is 0 Å². The summed E-state index contributed by atoms with van der Waals surface area (Å²) >= 11 is 0. The average molecular weight is 272 g/mol. The van der Waals surface area contributed by atoms with Crippen LogP contribution >= 0.6 is 0 Å². The molecule has 7 heteroatoms. The van der Waals surface area contributed by atoms with Crippen molar-refractivity contribution in [2.24, 2.45) is 5.73 Å². The van der Waals surface area contributed by atoms with Crippen LogP contribution in [0.1, 0.15) is 17.3 Å². The number of likely N-dealkylation sites (N-methyl/N-ethyl adjacent to an activating group) is 1. The molecule has 0 bridgehead atoms. The van der Waals surface area contributed by atoms with Crippen LogP contribution in [0.15, 0.2) is 29.2 Å². The van der Waals surface area contributed by atoms with Gasteiger partial charge in [0.15, 0.2) is 0 Å². The van der Waals surface area contributed by atoms with Crippen LogP contribution in [-0.2, 0) is 10.0 Å². The van der Waals surface area contributed by atoms with Crippen LogP contribution in [0.4, 0.5) is 0 Å². The predicted octanol–water partition coefficient (Wildman–Crippen LogP) is -0.212. The number of rotatable bonds is 6. The first-order valence-corrected chi connectivity index (χ1v) is 6.88. The molecule has 0 fully saturated rings. The van der Waals surface area contributed by atoms with Crippen LogP contribution in [0, 0.1) is 0 Å². The molecular formula is C11H16N2O4S. The Labute approximate surface area is 106 Å². The lowest BCUT2D eigenvalue weighted by molar-refractivity contribution is 0.1000. The van der Waals surface area contributed by atoms with Gasteiger partial charge in [0.25, 0.3) is 0 Å². The summed E-state index contributed by atoms with van der Waals surface area (Å²) in [4.78, 5) is 11.0. The zero-order valence-electron chi connectivity index (χ0n) is 10.0. The zero-order chi connectivity index (χ0) is 13.8. The fourth-order valence-corrected chi connectivity index (χ4v) is 2.94. The van der Waals surface area contributed by atoms with E-state index in [9.17, 15) is 13.2 Å². The van der Waals surface area contributed by atoms with Gasteiger partial charge in [-0.1, -0.05) is 6.92 Å². The van der Waals surface area contributed by atoms with Crippen molar-refractivity contribution in [3.8, 4) is 0 Å². The van der Waals surface area contributed by atoms with Gasteiger partial charge in [0.1, 0.15) is 0 Å². The molecule has 100 valence electrons. The number of hydrogen-bond donors (Lipinski definition) is 2. The number of carbonyl (C=O) groups is 1. The molecule has 0 heterocycles. The summed E-state index contributed by atoms with van der Waals surface area (Å²) in [7, 11) is -3.63. The Hall–Kier alpha value is -1.44. The SMILES string of the molecule is CCN(CCO)S(=O)(=O)c1ccc(C(N)=O)cc1. The molecule has 0 atom stereocenters. The molecule has 0 aliphatic carbocycles. The Morgan fingerprint density at radius 3 is 2.28 bits per heavy atom. The Balaban J connectivity index is 3.08. The van der Waals surface area contributed by atoms with E-state index in [1.54, 1.807) is 6.92 Å². The third kappa shape index (κ3) is 3.06. The van der Waals surface area contributed by atoms with E-state index < -0.39 is 15.9 Å². The number of aliphatic hydroxyl groups excluding tert-OH is 1. The summed E-state index contributed by atoms with van der Waals surface area (Å²) in [5.41, 5.74) is 5.32. The summed E-state index contributed by atoms with van der Waals surface area (Å²) in [5.74, 6) is -0.610. The van der Waals surface area contributed by atoms with Gasteiger partial charge in [0, 0.05) is 18.7 Å². The summed E-state index contributed by atoms with van der Waals surface area (Å²) in [6.07, 6.45) is 0. The maximum atomic E-state index is 12.1. The van der Waals surface area contributed by atoms with Crippen molar-refractivity contribution in [3.05, 3.63) is 29.8 Å². The topological polar surface area (TPSA) is 101 Å². The highest BCUT2D eigenvalue weighted by Crippen LogP contribution is 2.15. The van der Waals surface area contributed by atoms with E-state index in [4.69, 9.17) is 10.8 Å². The van der Waals surface area contributed by atoms with Crippen molar-refractivity contribution >= 4 is 15.9 Å². The summed E-state index contributed by atoms with van der Waals surface area (Å²) in [6.45, 7) is 1.74. The van der Waals surface area contributed by atoms with Crippen molar-refractivity contribution in [1.29, 1.82) is 0 Å². The third-order valence-corrected chi connectivity index (χ3v) is 4.47. The third-order valence-electron chi connectivity index (χ3n) is 2.48. The minimum Gasteiger partial charge on any atom is -0.395 e. The molecule has 0 saturated heterocycles. The molecule has 6 nitrogen and oxygen atoms in total. The van der Waals surface area contributed by atoms with Crippen LogP contribution in [0.5, 0.6) is 0 Å². The van der Waals surface area contributed by atoms with Gasteiger partial charge in [0.05, 0.1) is 11.5 Å². The number of sulfonamides is 1. The van der Waals surface area contributed by atoms with E-state index in [0.29, 0.717) is 0 Å². The Bertz CT molecular complexity index is 510. The lowest BCUT2D eigenvalue weighted by Crippen LogP contribution is -2.33. The molecule has 1 amide bonds. The standard InChI is InChI=1S/C11H16N2O4S/c1-2-13(7-8-14)18(16,17)10-5-3-9(4-6-10)11(12)15/h3-6,14H,2,7-8H2,1H3,(H2,12,15). The zero-order valence-corrected chi connectivity index (χ0v) is 10.9. The van der Waals surface area contributed by atoms with Crippen molar-refractivity contribution in [2.45, 2.75) is 11.8 Å². The number of hydrogen-bond acceptors (Lipinski definition) is 4. The molecule has 1 rings (SSSR count). The summed E-state index contributed by atoms with van der Waals surface area (Å²) < 4.78 is 25.4. The highest BCUT2D eigenvalue weighted by atomic mass is 32.2. The van der Waals surface area contributed by atoms with Crippen LogP contribution in [0.25, 0.3) is 0 Å². The van der Waals surface area contributed by atoms with Gasteiger partial charge in [-0.05, 0) is 24.3 Å². The number of primary amides is 1. The minimum atomic E-state index is -3.63. The number of benzene rings is 1. The van der Waals surface area contributed by atoms with Crippen molar-refractivity contribution in [1.82, 2.24) is 4.31 Å². The van der Waals surface area contributed by atoms with Gasteiger partial charge in [-0.25, -0.2) is 8.42 Å². The maximum Gasteiger partial charge on any atom is 0.248 e. The quantitative estimate of drug-likeness (QED) is 0.748. The van der Waals surface area contributed by atoms with Crippen molar-refractivity contribution < 1.29 is 18.3 Å². The van der Waals surface area contributed by atoms with E-state index in [0.717, 1.165) is 4.31 Å². The van der Waals surface area contributed by atoms with Crippen molar-refractivity contribution in [3.63, 3.8) is 0 Å². The number of aliphatic hydroxyl groups is 1. The molecule has 0 unspecified atom stereocenters. The lowest BCUT2D eigenvalue weighted by atomic mass is 10.2. The van der Waals surface area contributed by atoms with Crippen LogP contribution in [0.2, 0.25) is 0 Å². The summed E-state index contributed by atoms with van der Waals surface area (Å²) in [5, 5.41) is 8.83. The molecule has 0 aliphatic rings. The van der Waals surface area contributed by atoms with E-state index in [1.807, 2.05) is 0 Å². The molecule has 0 aliphatic heterocycles. The molecule has 3 N–H and O–H groups in total. The van der Waals surface area contributed by atoms with Gasteiger partial charge in [-0.3, -0.25) is 4.79 Å². The molecule has 0 aromatic heterocycles. The van der Waals surface area contributed by atoms with Gasteiger partial charge >= 0.3 is 0 Å². The van der Waals surface area contributed by atoms with E-state index in [1.165, 1.54) is 24.3 Å². The van der Waals surface area contributed by atoms with E-state index >= 15 is 0 Å². The largest absolute Gasteiger partial charge is 0.395 e. The molecule has 0 spiro atoms. The van der Waals surface area contributed by atoms with Gasteiger partial charge < -0.3 is 10.8 Å². The first kappa shape index (κ1) is 14.6. The second-order valence-electron chi connectivity index (χ2n) is 3.61. The predicted molar refractivity (Wildman–Crippen MR) is 66.5 cm³/mol. The normalized spacial score (nSPS) is 11.7. The highest BCUT2D eigenvalue weighted by Gasteiger charge is 2.22. The fourth-order valence-electron chi connectivity index (χ4n) is 1.50. The van der Waals surface area contributed by atoms with Gasteiger partial charge in [0.2, 0.25) is 15.9 Å². The van der Waals surface area contributed by atoms with E-state index in [-0.39, 0.29) is 30.2 Å². The van der Waals surface area contributed by atoms with Gasteiger partial charge in [-0.2, -0.15) is 4.31 Å². The number of nitrogens with zero attached hydrogens (tertiary/aromatic N) is 1. The van der Waals surface area contributed by atoms with Crippen molar-refractivity contribution in [2.75, 3.05) is 19.7 Å². The molecule has 0 saturated carbocycles. The first-order chi connectivity index (χ1) is 8.43. The molecule has 1 aromatic rings. The van der Waals surface area contributed by atoms with E-state index in [2.05, 4.69) is 0 Å². The molecular weight excluding hydrogens is 256 g/mol. The number of amides is 1. The average Bonchev–Trinajstić information content (AvgIpc) is 2.35. The first-order valence-electron chi connectivity index (χ1n) is 5.44. The minimum absolute atomic E-state index is 0.0381. The molecule has 1 aromatic carbocycles. The number of carbonyl (C=O) groups excluding carboxylic acids is 1. The lowest BCUT2D eigenvalue weighted by Gasteiger charge is -2.19. The second-order valence-corrected chi connectivity index (χ2v) is 5.55. The fraction of sp³-hybridized carbons (Fsp3) is 0.364. The highest BCUT2D eigenvalue weighted by molar-refractivity contribution is 7.89. The maximum absolute atomic E-state index is 12.1. The summed E-state index contributed by atoms with van der Waals surface area (Å²) in [6, 6.07) is 5.38. The monoisotopic (exact) mass is 272 g/mol.